The van der Waals surface area contributed by atoms with Crippen molar-refractivity contribution in [3.05, 3.63) is 27.2 Å². The Bertz CT molecular complexity index is 794. The van der Waals surface area contributed by atoms with Crippen molar-refractivity contribution in [1.82, 2.24) is 35.3 Å². The quantitative estimate of drug-likeness (QED) is 0.518. The van der Waals surface area contributed by atoms with Crippen molar-refractivity contribution in [3.63, 3.8) is 0 Å². The van der Waals surface area contributed by atoms with Gasteiger partial charge in [-0.05, 0) is 20.8 Å². The maximum atomic E-state index is 5.41. The van der Waals surface area contributed by atoms with Gasteiger partial charge in [0.2, 0.25) is 0 Å². The van der Waals surface area contributed by atoms with Crippen molar-refractivity contribution in [1.29, 1.82) is 0 Å². The molecule has 2 aromatic rings. The molecule has 0 saturated carbocycles. The average Bonchev–Trinajstić information content (AvgIpc) is 3.18. The Balaban J connectivity index is 1.59. The lowest BCUT2D eigenvalue weighted by atomic mass is 10.4. The molecule has 3 rings (SSSR count). The van der Waals surface area contributed by atoms with Crippen LogP contribution in [-0.2, 0) is 24.9 Å². The summed E-state index contributed by atoms with van der Waals surface area (Å²) < 4.78 is 7.37. The number of aryl methyl sites for hydroxylation is 3. The molecule has 1 saturated heterocycles. The zero-order chi connectivity index (χ0) is 19.9. The summed E-state index contributed by atoms with van der Waals surface area (Å²) in [6.07, 6.45) is 0. The highest BCUT2D eigenvalue weighted by molar-refractivity contribution is 7.11. The molecule has 1 aliphatic rings. The largest absolute Gasteiger partial charge is 0.379 e. The van der Waals surface area contributed by atoms with Crippen LogP contribution in [0.5, 0.6) is 0 Å². The van der Waals surface area contributed by atoms with E-state index in [1.165, 1.54) is 4.88 Å². The Morgan fingerprint density at radius 3 is 2.61 bits per heavy atom. The molecule has 0 radical (unpaired) electrons. The lowest BCUT2D eigenvalue weighted by molar-refractivity contribution is 0.0389. The molecule has 28 heavy (non-hydrogen) atoms. The molecule has 1 fully saturated rings. The van der Waals surface area contributed by atoms with E-state index in [9.17, 15) is 0 Å². The number of aliphatic imine (C=N–C) groups is 1. The molecule has 1 aliphatic heterocycles. The standard InChI is InChI=1S/C18H30N8OS/c1-13-16(28-15(3)22-13)11-20-18(19-5-6-26-7-9-27-10-8-26)21-12-17-24-23-14(2)25(17)4/h5-12H2,1-4H3,(H2,19,20,21). The molecule has 10 heteroatoms. The topological polar surface area (TPSA) is 92.5 Å². The molecular formula is C18H30N8OS. The summed E-state index contributed by atoms with van der Waals surface area (Å²) in [5.41, 5.74) is 1.08. The Morgan fingerprint density at radius 2 is 1.96 bits per heavy atom. The van der Waals surface area contributed by atoms with E-state index in [-0.39, 0.29) is 0 Å². The van der Waals surface area contributed by atoms with Gasteiger partial charge in [-0.15, -0.1) is 21.5 Å². The molecular weight excluding hydrogens is 376 g/mol. The highest BCUT2D eigenvalue weighted by Crippen LogP contribution is 2.16. The minimum atomic E-state index is 0.477. The smallest absolute Gasteiger partial charge is 0.192 e. The van der Waals surface area contributed by atoms with E-state index in [1.807, 2.05) is 32.4 Å². The predicted octanol–water partition coefficient (Wildman–Crippen LogP) is 0.764. The summed E-state index contributed by atoms with van der Waals surface area (Å²) in [4.78, 5) is 12.8. The third kappa shape index (κ3) is 5.73. The maximum Gasteiger partial charge on any atom is 0.192 e. The van der Waals surface area contributed by atoms with Gasteiger partial charge in [-0.25, -0.2) is 9.98 Å². The molecule has 9 nitrogen and oxygen atoms in total. The van der Waals surface area contributed by atoms with Crippen LogP contribution in [0.3, 0.4) is 0 Å². The van der Waals surface area contributed by atoms with Crippen molar-refractivity contribution in [3.8, 4) is 0 Å². The molecule has 0 aliphatic carbocycles. The van der Waals surface area contributed by atoms with E-state index in [1.54, 1.807) is 11.3 Å². The molecule has 154 valence electrons. The fourth-order valence-corrected chi connectivity index (χ4v) is 3.85. The van der Waals surface area contributed by atoms with Gasteiger partial charge in [-0.3, -0.25) is 4.90 Å². The number of aromatic nitrogens is 4. The van der Waals surface area contributed by atoms with Crippen LogP contribution in [0.15, 0.2) is 4.99 Å². The summed E-state index contributed by atoms with van der Waals surface area (Å²) in [6.45, 7) is 12.6. The van der Waals surface area contributed by atoms with Gasteiger partial charge in [0.25, 0.3) is 0 Å². The first-order chi connectivity index (χ1) is 13.5. The van der Waals surface area contributed by atoms with E-state index < -0.39 is 0 Å². The van der Waals surface area contributed by atoms with Crippen molar-refractivity contribution in [2.24, 2.45) is 12.0 Å². The molecule has 2 aromatic heterocycles. The van der Waals surface area contributed by atoms with Crippen LogP contribution in [0.25, 0.3) is 0 Å². The van der Waals surface area contributed by atoms with Crippen LogP contribution in [-0.4, -0.2) is 70.0 Å². The summed E-state index contributed by atoms with van der Waals surface area (Å²) in [5, 5.41) is 16.3. The second-order valence-corrected chi connectivity index (χ2v) is 8.15. The van der Waals surface area contributed by atoms with E-state index >= 15 is 0 Å². The van der Waals surface area contributed by atoms with Crippen LogP contribution < -0.4 is 10.6 Å². The van der Waals surface area contributed by atoms with Crippen LogP contribution in [0.1, 0.15) is 27.2 Å². The number of morpholine rings is 1. The van der Waals surface area contributed by atoms with E-state index in [0.717, 1.165) is 67.7 Å². The zero-order valence-corrected chi connectivity index (χ0v) is 18.0. The monoisotopic (exact) mass is 406 g/mol. The van der Waals surface area contributed by atoms with Gasteiger partial charge in [0.15, 0.2) is 11.8 Å². The number of hydrogen-bond acceptors (Lipinski definition) is 7. The minimum absolute atomic E-state index is 0.477. The maximum absolute atomic E-state index is 5.41. The second kappa shape index (κ2) is 9.94. The van der Waals surface area contributed by atoms with Gasteiger partial charge in [0, 0.05) is 38.1 Å². The Hall–Kier alpha value is -2.04. The van der Waals surface area contributed by atoms with E-state index in [4.69, 9.17) is 9.73 Å². The molecule has 0 spiro atoms. The number of ether oxygens (including phenoxy) is 1. The van der Waals surface area contributed by atoms with Crippen molar-refractivity contribution >= 4 is 17.3 Å². The van der Waals surface area contributed by atoms with Crippen LogP contribution >= 0.6 is 11.3 Å². The summed E-state index contributed by atoms with van der Waals surface area (Å²) >= 11 is 1.72. The first-order valence-corrected chi connectivity index (χ1v) is 10.4. The molecule has 0 amide bonds. The van der Waals surface area contributed by atoms with Gasteiger partial charge in [0.05, 0.1) is 30.5 Å². The zero-order valence-electron chi connectivity index (χ0n) is 17.2. The molecule has 0 atom stereocenters. The number of nitrogens with one attached hydrogen (secondary N) is 2. The van der Waals surface area contributed by atoms with Gasteiger partial charge in [-0.1, -0.05) is 0 Å². The van der Waals surface area contributed by atoms with Gasteiger partial charge >= 0.3 is 0 Å². The van der Waals surface area contributed by atoms with Crippen LogP contribution in [0.4, 0.5) is 0 Å². The fraction of sp³-hybridized carbons (Fsp3) is 0.667. The lowest BCUT2D eigenvalue weighted by Crippen LogP contribution is -2.44. The highest BCUT2D eigenvalue weighted by atomic mass is 32.1. The third-order valence-corrected chi connectivity index (χ3v) is 5.87. The van der Waals surface area contributed by atoms with Crippen LogP contribution in [0, 0.1) is 20.8 Å². The van der Waals surface area contributed by atoms with Gasteiger partial charge in [-0.2, -0.15) is 0 Å². The second-order valence-electron chi connectivity index (χ2n) is 6.86. The predicted molar refractivity (Wildman–Crippen MR) is 111 cm³/mol. The van der Waals surface area contributed by atoms with Crippen molar-refractivity contribution in [2.75, 3.05) is 39.4 Å². The van der Waals surface area contributed by atoms with Gasteiger partial charge in [0.1, 0.15) is 12.4 Å². The van der Waals surface area contributed by atoms with Gasteiger partial charge < -0.3 is 19.9 Å². The van der Waals surface area contributed by atoms with Crippen molar-refractivity contribution < 1.29 is 4.74 Å². The minimum Gasteiger partial charge on any atom is -0.379 e. The first kappa shape index (κ1) is 20.7. The van der Waals surface area contributed by atoms with E-state index in [0.29, 0.717) is 13.1 Å². The molecule has 3 heterocycles. The summed E-state index contributed by atoms with van der Waals surface area (Å²) in [6, 6.07) is 0. The van der Waals surface area contributed by atoms with Crippen LogP contribution in [0.2, 0.25) is 0 Å². The average molecular weight is 407 g/mol. The first-order valence-electron chi connectivity index (χ1n) is 9.63. The number of hydrogen-bond donors (Lipinski definition) is 2. The molecule has 0 unspecified atom stereocenters. The molecule has 0 bridgehead atoms. The summed E-state index contributed by atoms with van der Waals surface area (Å²) in [7, 11) is 1.96. The third-order valence-electron chi connectivity index (χ3n) is 4.80. The summed E-state index contributed by atoms with van der Waals surface area (Å²) in [5.74, 6) is 2.51. The molecule has 2 N–H and O–H groups in total. The van der Waals surface area contributed by atoms with E-state index in [2.05, 4.69) is 30.7 Å². The Morgan fingerprint density at radius 1 is 1.18 bits per heavy atom. The number of rotatable bonds is 7. The number of thiazole rings is 1. The van der Waals surface area contributed by atoms with Crippen molar-refractivity contribution in [2.45, 2.75) is 33.9 Å². The normalized spacial score (nSPS) is 15.8. The fourth-order valence-electron chi connectivity index (χ4n) is 2.97. The SMILES string of the molecule is Cc1nc(C)c(CNC(=NCc2nnc(C)n2C)NCCN2CCOCC2)s1. The number of nitrogens with zero attached hydrogens (tertiary/aromatic N) is 6. The Kier molecular flexibility index (Phi) is 7.35. The highest BCUT2D eigenvalue weighted by Gasteiger charge is 2.11. The molecule has 0 aromatic carbocycles. The Labute approximate surface area is 170 Å². The number of guanidine groups is 1. The lowest BCUT2D eigenvalue weighted by Gasteiger charge is -2.26.